The van der Waals surface area contributed by atoms with E-state index < -0.39 is 0 Å². The summed E-state index contributed by atoms with van der Waals surface area (Å²) in [5.74, 6) is 0. The molecule has 0 aliphatic heterocycles. The molecule has 3 aromatic rings. The quantitative estimate of drug-likeness (QED) is 0.603. The Morgan fingerprint density at radius 2 is 1.55 bits per heavy atom. The van der Waals surface area contributed by atoms with Crippen molar-refractivity contribution in [2.24, 2.45) is 5.73 Å². The zero-order chi connectivity index (χ0) is 13.5. The van der Waals surface area contributed by atoms with Gasteiger partial charge in [0.05, 0.1) is 11.9 Å². The number of nitrogens with two attached hydrogens (primary N) is 1. The molecule has 20 heavy (non-hydrogen) atoms. The Bertz CT molecular complexity index is 730. The number of nitrogens with zero attached hydrogens (tertiary/aromatic N) is 3. The van der Waals surface area contributed by atoms with Crippen molar-refractivity contribution in [2.45, 2.75) is 12.6 Å². The Hall–Kier alpha value is -2.46. The average Bonchev–Trinajstić information content (AvgIpc) is 3.09. The highest BCUT2D eigenvalue weighted by atomic mass is 15.4. The van der Waals surface area contributed by atoms with Crippen LogP contribution >= 0.6 is 0 Å². The van der Waals surface area contributed by atoms with E-state index in [4.69, 9.17) is 5.73 Å². The summed E-state index contributed by atoms with van der Waals surface area (Å²) in [6.07, 6.45) is 1.93. The van der Waals surface area contributed by atoms with Gasteiger partial charge in [0.25, 0.3) is 0 Å². The maximum atomic E-state index is 5.64. The number of aromatic nitrogens is 3. The smallest absolute Gasteiger partial charge is 0.105 e. The third-order valence-corrected chi connectivity index (χ3v) is 3.83. The minimum absolute atomic E-state index is 0.0928. The van der Waals surface area contributed by atoms with Gasteiger partial charge in [0.2, 0.25) is 0 Å². The van der Waals surface area contributed by atoms with Crippen LogP contribution in [0.15, 0.2) is 54.7 Å². The molecule has 0 unspecified atom stereocenters. The molecule has 0 saturated heterocycles. The van der Waals surface area contributed by atoms with Crippen molar-refractivity contribution in [2.75, 3.05) is 0 Å². The summed E-state index contributed by atoms with van der Waals surface area (Å²) in [7, 11) is 0. The lowest BCUT2D eigenvalue weighted by atomic mass is 10.1. The molecule has 0 bridgehead atoms. The molecule has 0 saturated carbocycles. The molecule has 4 nitrogen and oxygen atoms in total. The van der Waals surface area contributed by atoms with E-state index in [0.717, 1.165) is 5.69 Å². The van der Waals surface area contributed by atoms with Gasteiger partial charge in [-0.3, -0.25) is 0 Å². The summed E-state index contributed by atoms with van der Waals surface area (Å²) in [5.41, 5.74) is 11.5. The average molecular weight is 262 g/mol. The minimum atomic E-state index is 0.0928. The highest BCUT2D eigenvalue weighted by Gasteiger charge is 2.30. The molecule has 4 rings (SSSR count). The van der Waals surface area contributed by atoms with Gasteiger partial charge in [0.15, 0.2) is 0 Å². The Balaban J connectivity index is 1.95. The summed E-state index contributed by atoms with van der Waals surface area (Å²) in [6, 6.07) is 17.0. The standard InChI is InChI=1S/C16H14N4/c17-9-11-10-20(19-18-11)16-14-7-3-1-5-12(14)13-6-2-4-8-15(13)16/h1-8,10,16H,9,17H2. The topological polar surface area (TPSA) is 56.7 Å². The molecule has 2 aromatic carbocycles. The van der Waals surface area contributed by atoms with E-state index in [9.17, 15) is 0 Å². The summed E-state index contributed by atoms with van der Waals surface area (Å²) in [4.78, 5) is 0. The van der Waals surface area contributed by atoms with Gasteiger partial charge in [0, 0.05) is 6.54 Å². The Kier molecular flexibility index (Phi) is 2.44. The monoisotopic (exact) mass is 262 g/mol. The van der Waals surface area contributed by atoms with Gasteiger partial charge in [-0.25, -0.2) is 4.68 Å². The van der Waals surface area contributed by atoms with Crippen LogP contribution in [0.25, 0.3) is 11.1 Å². The molecule has 1 aliphatic rings. The molecular weight excluding hydrogens is 248 g/mol. The van der Waals surface area contributed by atoms with E-state index in [1.165, 1.54) is 22.3 Å². The van der Waals surface area contributed by atoms with Crippen LogP contribution < -0.4 is 5.73 Å². The summed E-state index contributed by atoms with van der Waals surface area (Å²) < 4.78 is 1.91. The van der Waals surface area contributed by atoms with Crippen molar-refractivity contribution < 1.29 is 0 Å². The number of benzene rings is 2. The molecular formula is C16H14N4. The van der Waals surface area contributed by atoms with Gasteiger partial charge in [-0.2, -0.15) is 0 Å². The number of hydrogen-bond acceptors (Lipinski definition) is 3. The van der Waals surface area contributed by atoms with Crippen LogP contribution in [0.1, 0.15) is 22.9 Å². The second-order valence-corrected chi connectivity index (χ2v) is 4.97. The largest absolute Gasteiger partial charge is 0.325 e. The summed E-state index contributed by atoms with van der Waals surface area (Å²) in [5, 5.41) is 8.37. The lowest BCUT2D eigenvalue weighted by Gasteiger charge is -2.13. The van der Waals surface area contributed by atoms with Gasteiger partial charge in [-0.05, 0) is 22.3 Å². The lowest BCUT2D eigenvalue weighted by Crippen LogP contribution is -2.10. The predicted molar refractivity (Wildman–Crippen MR) is 77.0 cm³/mol. The van der Waals surface area contributed by atoms with Crippen molar-refractivity contribution >= 4 is 0 Å². The number of hydrogen-bond donors (Lipinski definition) is 1. The molecule has 4 heteroatoms. The van der Waals surface area contributed by atoms with Crippen LogP contribution in [0.4, 0.5) is 0 Å². The van der Waals surface area contributed by atoms with Crippen LogP contribution in [0.3, 0.4) is 0 Å². The maximum Gasteiger partial charge on any atom is 0.105 e. The van der Waals surface area contributed by atoms with Crippen molar-refractivity contribution in [1.82, 2.24) is 15.0 Å². The number of rotatable bonds is 2. The SMILES string of the molecule is NCc1cn(C2c3ccccc3-c3ccccc32)nn1. The zero-order valence-corrected chi connectivity index (χ0v) is 10.9. The third kappa shape index (κ3) is 1.52. The van der Waals surface area contributed by atoms with Crippen LogP contribution in [0.2, 0.25) is 0 Å². The minimum Gasteiger partial charge on any atom is -0.325 e. The Morgan fingerprint density at radius 1 is 0.950 bits per heavy atom. The lowest BCUT2D eigenvalue weighted by molar-refractivity contribution is 0.580. The molecule has 0 spiro atoms. The first-order valence-corrected chi connectivity index (χ1v) is 6.67. The third-order valence-electron chi connectivity index (χ3n) is 3.83. The van der Waals surface area contributed by atoms with Gasteiger partial charge in [-0.1, -0.05) is 53.7 Å². The predicted octanol–water partition coefficient (Wildman–Crippen LogP) is 2.35. The molecule has 1 aromatic heterocycles. The van der Waals surface area contributed by atoms with E-state index >= 15 is 0 Å². The van der Waals surface area contributed by atoms with Crippen molar-refractivity contribution in [3.63, 3.8) is 0 Å². The van der Waals surface area contributed by atoms with E-state index in [2.05, 4.69) is 58.8 Å². The molecule has 0 radical (unpaired) electrons. The fourth-order valence-corrected chi connectivity index (χ4v) is 2.95. The highest BCUT2D eigenvalue weighted by Crippen LogP contribution is 2.44. The Morgan fingerprint density at radius 3 is 2.10 bits per heavy atom. The second-order valence-electron chi connectivity index (χ2n) is 4.97. The molecule has 2 N–H and O–H groups in total. The normalized spacial score (nSPS) is 13.2. The van der Waals surface area contributed by atoms with Crippen LogP contribution in [-0.4, -0.2) is 15.0 Å². The molecule has 0 amide bonds. The van der Waals surface area contributed by atoms with E-state index in [1.807, 2.05) is 10.9 Å². The van der Waals surface area contributed by atoms with Gasteiger partial charge >= 0.3 is 0 Å². The van der Waals surface area contributed by atoms with Gasteiger partial charge in [-0.15, -0.1) is 5.10 Å². The summed E-state index contributed by atoms with van der Waals surface area (Å²) in [6.45, 7) is 0.413. The van der Waals surface area contributed by atoms with Crippen LogP contribution in [0, 0.1) is 0 Å². The zero-order valence-electron chi connectivity index (χ0n) is 10.9. The fourth-order valence-electron chi connectivity index (χ4n) is 2.95. The molecule has 1 aliphatic carbocycles. The number of fused-ring (bicyclic) bond motifs is 3. The van der Waals surface area contributed by atoms with Crippen LogP contribution in [0.5, 0.6) is 0 Å². The van der Waals surface area contributed by atoms with Crippen LogP contribution in [-0.2, 0) is 6.54 Å². The second kappa shape index (κ2) is 4.28. The molecule has 0 fully saturated rings. The fraction of sp³-hybridized carbons (Fsp3) is 0.125. The van der Waals surface area contributed by atoms with Gasteiger partial charge in [0.1, 0.15) is 6.04 Å². The first kappa shape index (κ1) is 11.4. The summed E-state index contributed by atoms with van der Waals surface area (Å²) >= 11 is 0. The highest BCUT2D eigenvalue weighted by molar-refractivity contribution is 5.78. The van der Waals surface area contributed by atoms with E-state index in [-0.39, 0.29) is 6.04 Å². The first-order chi connectivity index (χ1) is 9.88. The van der Waals surface area contributed by atoms with E-state index in [1.54, 1.807) is 0 Å². The first-order valence-electron chi connectivity index (χ1n) is 6.67. The Labute approximate surface area is 116 Å². The van der Waals surface area contributed by atoms with Gasteiger partial charge < -0.3 is 5.73 Å². The molecule has 98 valence electrons. The van der Waals surface area contributed by atoms with Crippen molar-refractivity contribution in [1.29, 1.82) is 0 Å². The maximum absolute atomic E-state index is 5.64. The van der Waals surface area contributed by atoms with E-state index in [0.29, 0.717) is 6.54 Å². The molecule has 1 heterocycles. The molecule has 0 atom stereocenters. The van der Waals surface area contributed by atoms with Crippen molar-refractivity contribution in [3.8, 4) is 11.1 Å². The van der Waals surface area contributed by atoms with Crippen molar-refractivity contribution in [3.05, 3.63) is 71.5 Å².